The second kappa shape index (κ2) is 7.97. The molecule has 8 nitrogen and oxygen atoms in total. The minimum Gasteiger partial charge on any atom is -0.497 e. The Morgan fingerprint density at radius 3 is 2.59 bits per heavy atom. The molecule has 2 aromatic heterocycles. The zero-order valence-corrected chi connectivity index (χ0v) is 16.0. The van der Waals surface area contributed by atoms with Crippen molar-refractivity contribution in [3.8, 4) is 23.0 Å². The van der Waals surface area contributed by atoms with Crippen LogP contribution in [0.1, 0.15) is 16.3 Å². The number of H-pyrrole nitrogens is 1. The van der Waals surface area contributed by atoms with Crippen LogP contribution in [0.4, 0.5) is 0 Å². The van der Waals surface area contributed by atoms with Gasteiger partial charge in [-0.3, -0.25) is 9.89 Å². The Bertz CT molecular complexity index is 1150. The number of fused-ring (bicyclic) bond motifs is 1. The van der Waals surface area contributed by atoms with E-state index in [1.165, 1.54) is 7.11 Å². The molecule has 1 amide bonds. The molecule has 0 atom stereocenters. The zero-order chi connectivity index (χ0) is 20.2. The average Bonchev–Trinajstić information content (AvgIpc) is 3.25. The second-order valence-corrected chi connectivity index (χ2v) is 6.25. The minimum atomic E-state index is -0.323. The van der Waals surface area contributed by atoms with Crippen molar-refractivity contribution in [2.24, 2.45) is 0 Å². The highest BCUT2D eigenvalue weighted by Gasteiger charge is 2.13. The SMILES string of the molecule is COc1ccc(-c2n[nH]c(CNC(=O)c3cc4ccccc4c(OC)n3)n2)cc1. The predicted molar refractivity (Wildman–Crippen MR) is 108 cm³/mol. The van der Waals surface area contributed by atoms with Crippen LogP contribution in [0.25, 0.3) is 22.2 Å². The Hall–Kier alpha value is -3.94. The van der Waals surface area contributed by atoms with E-state index >= 15 is 0 Å². The maximum Gasteiger partial charge on any atom is 0.270 e. The van der Waals surface area contributed by atoms with Crippen molar-refractivity contribution in [1.82, 2.24) is 25.5 Å². The smallest absolute Gasteiger partial charge is 0.270 e. The number of nitrogens with zero attached hydrogens (tertiary/aromatic N) is 3. The van der Waals surface area contributed by atoms with Crippen LogP contribution >= 0.6 is 0 Å². The van der Waals surface area contributed by atoms with E-state index in [9.17, 15) is 4.79 Å². The minimum absolute atomic E-state index is 0.193. The predicted octanol–water partition coefficient (Wildman–Crippen LogP) is 2.97. The van der Waals surface area contributed by atoms with Gasteiger partial charge in [-0.15, -0.1) is 0 Å². The number of carbonyl (C=O) groups excluding carboxylic acids is 1. The lowest BCUT2D eigenvalue weighted by molar-refractivity contribution is 0.0944. The molecule has 2 aromatic carbocycles. The number of rotatable bonds is 6. The number of hydrogen-bond donors (Lipinski definition) is 2. The van der Waals surface area contributed by atoms with Crippen LogP contribution in [0.3, 0.4) is 0 Å². The molecule has 29 heavy (non-hydrogen) atoms. The summed E-state index contributed by atoms with van der Waals surface area (Å²) in [6.45, 7) is 0.193. The van der Waals surface area contributed by atoms with Crippen molar-refractivity contribution in [3.05, 3.63) is 66.1 Å². The third-order valence-electron chi connectivity index (χ3n) is 4.43. The lowest BCUT2D eigenvalue weighted by atomic mass is 10.1. The van der Waals surface area contributed by atoms with E-state index in [2.05, 4.69) is 25.5 Å². The molecule has 8 heteroatoms. The highest BCUT2D eigenvalue weighted by atomic mass is 16.5. The number of hydrogen-bond acceptors (Lipinski definition) is 6. The summed E-state index contributed by atoms with van der Waals surface area (Å²) in [5.41, 5.74) is 1.12. The van der Waals surface area contributed by atoms with Crippen LogP contribution in [0.15, 0.2) is 54.6 Å². The van der Waals surface area contributed by atoms with Gasteiger partial charge in [-0.2, -0.15) is 5.10 Å². The van der Waals surface area contributed by atoms with Gasteiger partial charge in [-0.25, -0.2) is 9.97 Å². The first-order chi connectivity index (χ1) is 14.2. The van der Waals surface area contributed by atoms with Gasteiger partial charge < -0.3 is 14.8 Å². The summed E-state index contributed by atoms with van der Waals surface area (Å²) < 4.78 is 10.5. The van der Waals surface area contributed by atoms with E-state index in [4.69, 9.17) is 9.47 Å². The van der Waals surface area contributed by atoms with Gasteiger partial charge in [0.15, 0.2) is 5.82 Å². The first-order valence-corrected chi connectivity index (χ1v) is 8.95. The summed E-state index contributed by atoms with van der Waals surface area (Å²) >= 11 is 0. The molecule has 0 aliphatic heterocycles. The largest absolute Gasteiger partial charge is 0.497 e. The molecule has 0 aliphatic carbocycles. The van der Waals surface area contributed by atoms with Gasteiger partial charge in [0.1, 0.15) is 17.3 Å². The topological polar surface area (TPSA) is 102 Å². The number of ether oxygens (including phenoxy) is 2. The molecule has 0 bridgehead atoms. The molecular weight excluding hydrogens is 370 g/mol. The quantitative estimate of drug-likeness (QED) is 0.526. The molecule has 4 aromatic rings. The summed E-state index contributed by atoms with van der Waals surface area (Å²) in [7, 11) is 3.15. The third-order valence-corrected chi connectivity index (χ3v) is 4.43. The van der Waals surface area contributed by atoms with Crippen LogP contribution in [0, 0.1) is 0 Å². The highest BCUT2D eigenvalue weighted by Crippen LogP contribution is 2.24. The number of aromatic amines is 1. The fraction of sp³-hybridized carbons (Fsp3) is 0.143. The molecule has 0 fully saturated rings. The number of nitrogens with one attached hydrogen (secondary N) is 2. The van der Waals surface area contributed by atoms with Crippen molar-refractivity contribution in [3.63, 3.8) is 0 Å². The number of aromatic nitrogens is 4. The lowest BCUT2D eigenvalue weighted by Gasteiger charge is -2.08. The fourth-order valence-corrected chi connectivity index (χ4v) is 2.94. The number of amides is 1. The van der Waals surface area contributed by atoms with Crippen molar-refractivity contribution >= 4 is 16.7 Å². The molecule has 0 saturated carbocycles. The molecule has 0 unspecified atom stereocenters. The lowest BCUT2D eigenvalue weighted by Crippen LogP contribution is -2.24. The standard InChI is InChI=1S/C21H19N5O3/c1-28-15-9-7-13(8-10-15)19-24-18(25-26-19)12-22-20(27)17-11-14-5-3-4-6-16(14)21(23-17)29-2/h3-11H,12H2,1-2H3,(H,22,27)(H,24,25,26). The molecule has 0 spiro atoms. The van der Waals surface area contributed by atoms with E-state index in [0.29, 0.717) is 17.5 Å². The zero-order valence-electron chi connectivity index (χ0n) is 16.0. The van der Waals surface area contributed by atoms with Crippen LogP contribution < -0.4 is 14.8 Å². The van der Waals surface area contributed by atoms with Crippen molar-refractivity contribution in [2.75, 3.05) is 14.2 Å². The number of carbonyl (C=O) groups is 1. The Morgan fingerprint density at radius 2 is 1.83 bits per heavy atom. The summed E-state index contributed by atoms with van der Waals surface area (Å²) in [5, 5.41) is 11.6. The van der Waals surface area contributed by atoms with Crippen LogP contribution in [-0.4, -0.2) is 40.3 Å². The molecule has 146 valence electrons. The van der Waals surface area contributed by atoms with Gasteiger partial charge in [0.2, 0.25) is 5.88 Å². The molecular formula is C21H19N5O3. The number of methoxy groups -OCH3 is 2. The van der Waals surface area contributed by atoms with Gasteiger partial charge in [0.25, 0.3) is 5.91 Å². The first kappa shape index (κ1) is 18.4. The fourth-order valence-electron chi connectivity index (χ4n) is 2.94. The average molecular weight is 389 g/mol. The Balaban J connectivity index is 1.47. The molecule has 4 rings (SSSR count). The van der Waals surface area contributed by atoms with Crippen LogP contribution in [0.2, 0.25) is 0 Å². The normalized spacial score (nSPS) is 10.7. The van der Waals surface area contributed by atoms with Gasteiger partial charge in [0.05, 0.1) is 20.8 Å². The third kappa shape index (κ3) is 3.86. The molecule has 0 saturated heterocycles. The van der Waals surface area contributed by atoms with Crippen LogP contribution in [-0.2, 0) is 6.54 Å². The summed E-state index contributed by atoms with van der Waals surface area (Å²) in [5.74, 6) is 1.93. The first-order valence-electron chi connectivity index (χ1n) is 8.95. The van der Waals surface area contributed by atoms with Gasteiger partial charge in [-0.1, -0.05) is 18.2 Å². The number of benzene rings is 2. The maximum atomic E-state index is 12.6. The monoisotopic (exact) mass is 389 g/mol. The maximum absolute atomic E-state index is 12.6. The van der Waals surface area contributed by atoms with E-state index in [1.54, 1.807) is 13.2 Å². The summed E-state index contributed by atoms with van der Waals surface area (Å²) in [6.07, 6.45) is 0. The number of pyridine rings is 1. The van der Waals surface area contributed by atoms with Crippen molar-refractivity contribution < 1.29 is 14.3 Å². The van der Waals surface area contributed by atoms with Crippen molar-refractivity contribution in [1.29, 1.82) is 0 Å². The summed E-state index contributed by atoms with van der Waals surface area (Å²) in [4.78, 5) is 21.3. The molecule has 2 heterocycles. The van der Waals surface area contributed by atoms with E-state index in [-0.39, 0.29) is 18.1 Å². The second-order valence-electron chi connectivity index (χ2n) is 6.25. The van der Waals surface area contributed by atoms with E-state index < -0.39 is 0 Å². The highest BCUT2D eigenvalue weighted by molar-refractivity contribution is 5.98. The van der Waals surface area contributed by atoms with Crippen molar-refractivity contribution in [2.45, 2.75) is 6.54 Å². The van der Waals surface area contributed by atoms with E-state index in [1.807, 2.05) is 48.5 Å². The Labute approximate surface area is 166 Å². The Kier molecular flexibility index (Phi) is 5.07. The molecule has 0 radical (unpaired) electrons. The molecule has 0 aliphatic rings. The summed E-state index contributed by atoms with van der Waals surface area (Å²) in [6, 6.07) is 16.8. The van der Waals surface area contributed by atoms with Crippen LogP contribution in [0.5, 0.6) is 11.6 Å². The molecule has 2 N–H and O–H groups in total. The van der Waals surface area contributed by atoms with E-state index in [0.717, 1.165) is 22.1 Å². The van der Waals surface area contributed by atoms with Gasteiger partial charge >= 0.3 is 0 Å². The van der Waals surface area contributed by atoms with Gasteiger partial charge in [-0.05, 0) is 41.8 Å². The van der Waals surface area contributed by atoms with Gasteiger partial charge in [0, 0.05) is 10.9 Å². The Morgan fingerprint density at radius 1 is 1.03 bits per heavy atom.